The SMILES string of the molecule is O=[N+]1OCC2=COc3ccccc3N21. The molecule has 2 aliphatic heterocycles. The van der Waals surface area contributed by atoms with Gasteiger partial charge in [0.25, 0.3) is 0 Å². The van der Waals surface area contributed by atoms with E-state index in [1.54, 1.807) is 6.07 Å². The minimum absolute atomic E-state index is 0.248. The lowest BCUT2D eigenvalue weighted by molar-refractivity contribution is -0.787. The summed E-state index contributed by atoms with van der Waals surface area (Å²) in [4.78, 5) is 16.1. The predicted molar refractivity (Wildman–Crippen MR) is 47.2 cm³/mol. The van der Waals surface area contributed by atoms with Gasteiger partial charge in [0.15, 0.2) is 17.1 Å². The highest BCUT2D eigenvalue weighted by Gasteiger charge is 2.42. The Morgan fingerprint density at radius 3 is 3.14 bits per heavy atom. The maximum Gasteiger partial charge on any atom is 0.369 e. The van der Waals surface area contributed by atoms with Gasteiger partial charge in [0.05, 0.1) is 0 Å². The maximum absolute atomic E-state index is 11.3. The van der Waals surface area contributed by atoms with E-state index in [4.69, 9.17) is 9.57 Å². The molecule has 1 aromatic rings. The van der Waals surface area contributed by atoms with E-state index in [-0.39, 0.29) is 6.61 Å². The summed E-state index contributed by atoms with van der Waals surface area (Å²) in [5.41, 5.74) is 1.41. The molecule has 0 unspecified atom stereocenters. The first-order valence-corrected chi connectivity index (χ1v) is 4.21. The van der Waals surface area contributed by atoms with Crippen LogP contribution in [-0.4, -0.2) is 11.6 Å². The third-order valence-corrected chi connectivity index (χ3v) is 2.17. The lowest BCUT2D eigenvalue weighted by atomic mass is 10.2. The van der Waals surface area contributed by atoms with Gasteiger partial charge in [-0.2, -0.15) is 4.84 Å². The van der Waals surface area contributed by atoms with E-state index in [1.807, 2.05) is 18.2 Å². The summed E-state index contributed by atoms with van der Waals surface area (Å²) in [6.07, 6.45) is 1.53. The molecular formula is C9H7N2O3+. The quantitative estimate of drug-likeness (QED) is 0.621. The summed E-state index contributed by atoms with van der Waals surface area (Å²) in [5, 5.41) is 1.91. The van der Waals surface area contributed by atoms with Crippen molar-refractivity contribution in [3.63, 3.8) is 0 Å². The number of benzene rings is 1. The van der Waals surface area contributed by atoms with Crippen molar-refractivity contribution in [1.82, 2.24) is 0 Å². The Morgan fingerprint density at radius 1 is 1.36 bits per heavy atom. The second-order valence-corrected chi connectivity index (χ2v) is 3.02. The summed E-state index contributed by atoms with van der Waals surface area (Å²) in [7, 11) is 0. The topological polar surface area (TPSA) is 41.8 Å². The van der Waals surface area contributed by atoms with Crippen LogP contribution in [-0.2, 0) is 4.84 Å². The average molecular weight is 191 g/mol. The molecule has 1 saturated heterocycles. The number of rotatable bonds is 0. The van der Waals surface area contributed by atoms with E-state index in [1.165, 1.54) is 11.3 Å². The zero-order chi connectivity index (χ0) is 9.54. The van der Waals surface area contributed by atoms with Crippen LogP contribution in [0.5, 0.6) is 5.75 Å². The molecule has 0 atom stereocenters. The molecule has 2 heterocycles. The smallest absolute Gasteiger partial charge is 0.369 e. The molecule has 0 aromatic heterocycles. The Kier molecular flexibility index (Phi) is 1.30. The number of fused-ring (bicyclic) bond motifs is 3. The van der Waals surface area contributed by atoms with Gasteiger partial charge in [-0.1, -0.05) is 12.1 Å². The van der Waals surface area contributed by atoms with Crippen LogP contribution >= 0.6 is 0 Å². The van der Waals surface area contributed by atoms with Crippen molar-refractivity contribution in [2.75, 3.05) is 11.6 Å². The van der Waals surface area contributed by atoms with Crippen LogP contribution in [0.4, 0.5) is 5.69 Å². The van der Waals surface area contributed by atoms with Gasteiger partial charge >= 0.3 is 5.03 Å². The van der Waals surface area contributed by atoms with E-state index in [0.717, 1.165) is 0 Å². The van der Waals surface area contributed by atoms with Crippen LogP contribution in [0.1, 0.15) is 0 Å². The van der Waals surface area contributed by atoms with Gasteiger partial charge in [-0.25, -0.2) is 0 Å². The number of anilines is 1. The van der Waals surface area contributed by atoms with Crippen molar-refractivity contribution in [2.24, 2.45) is 0 Å². The molecule has 3 rings (SSSR count). The highest BCUT2D eigenvalue weighted by Crippen LogP contribution is 2.36. The van der Waals surface area contributed by atoms with Crippen molar-refractivity contribution >= 4 is 5.69 Å². The zero-order valence-corrected chi connectivity index (χ0v) is 7.21. The second-order valence-electron chi connectivity index (χ2n) is 3.02. The average Bonchev–Trinajstić information content (AvgIpc) is 2.61. The van der Waals surface area contributed by atoms with Gasteiger partial charge in [0, 0.05) is 0 Å². The summed E-state index contributed by atoms with van der Waals surface area (Å²) in [6, 6.07) is 7.30. The van der Waals surface area contributed by atoms with Crippen molar-refractivity contribution in [2.45, 2.75) is 0 Å². The molecule has 70 valence electrons. The van der Waals surface area contributed by atoms with Crippen molar-refractivity contribution < 1.29 is 14.6 Å². The first-order valence-electron chi connectivity index (χ1n) is 4.21. The molecule has 2 aliphatic rings. The normalized spacial score (nSPS) is 17.9. The number of ether oxygens (including phenoxy) is 1. The molecule has 5 heteroatoms. The Labute approximate surface area is 79.6 Å². The minimum Gasteiger partial charge on any atom is -0.460 e. The van der Waals surface area contributed by atoms with Crippen molar-refractivity contribution in [3.05, 3.63) is 41.1 Å². The lowest BCUT2D eigenvalue weighted by Gasteiger charge is -2.14. The van der Waals surface area contributed by atoms with E-state index in [2.05, 4.69) is 0 Å². The Hall–Kier alpha value is -2.04. The predicted octanol–water partition coefficient (Wildman–Crippen LogP) is 1.37. The number of hydrogen-bond acceptors (Lipinski definition) is 3. The Bertz CT molecular complexity index is 441. The van der Waals surface area contributed by atoms with Gasteiger partial charge < -0.3 is 4.74 Å². The molecule has 5 nitrogen and oxygen atoms in total. The first kappa shape index (κ1) is 7.37. The third kappa shape index (κ3) is 0.834. The Morgan fingerprint density at radius 2 is 2.21 bits per heavy atom. The zero-order valence-electron chi connectivity index (χ0n) is 7.21. The van der Waals surface area contributed by atoms with Gasteiger partial charge in [0.2, 0.25) is 6.61 Å². The molecule has 0 saturated carbocycles. The van der Waals surface area contributed by atoms with E-state index < -0.39 is 0 Å². The maximum atomic E-state index is 11.3. The molecule has 0 bridgehead atoms. The first-order chi connectivity index (χ1) is 6.86. The molecule has 0 spiro atoms. The molecule has 0 N–H and O–H groups in total. The van der Waals surface area contributed by atoms with Crippen LogP contribution in [0.15, 0.2) is 36.2 Å². The van der Waals surface area contributed by atoms with Crippen LogP contribution in [0.2, 0.25) is 0 Å². The molecule has 14 heavy (non-hydrogen) atoms. The minimum atomic E-state index is 0.248. The highest BCUT2D eigenvalue weighted by molar-refractivity contribution is 5.62. The standard InChI is InChI=1S/C9H7N2O3/c12-11-10-7(6-14-11)5-13-9-4-2-1-3-8(9)10/h1-5H,6H2/q+1. The summed E-state index contributed by atoms with van der Waals surface area (Å²) < 4.78 is 5.34. The summed E-state index contributed by atoms with van der Waals surface area (Å²) in [5.74, 6) is 0.655. The van der Waals surface area contributed by atoms with E-state index in [0.29, 0.717) is 22.2 Å². The summed E-state index contributed by atoms with van der Waals surface area (Å²) in [6.45, 7) is 0.248. The molecule has 1 aromatic carbocycles. The van der Waals surface area contributed by atoms with Gasteiger partial charge in [-0.05, 0) is 17.1 Å². The second kappa shape index (κ2) is 2.47. The molecule has 0 amide bonds. The molecular weight excluding hydrogens is 184 g/mol. The number of hydrazine groups is 1. The third-order valence-electron chi connectivity index (χ3n) is 2.17. The van der Waals surface area contributed by atoms with Gasteiger partial charge in [-0.3, -0.25) is 0 Å². The monoisotopic (exact) mass is 191 g/mol. The molecule has 0 aliphatic carbocycles. The van der Waals surface area contributed by atoms with Crippen LogP contribution < -0.4 is 9.75 Å². The van der Waals surface area contributed by atoms with Crippen LogP contribution in [0, 0.1) is 4.91 Å². The number of nitrogens with zero attached hydrogens (tertiary/aromatic N) is 2. The fourth-order valence-electron chi connectivity index (χ4n) is 1.54. The number of hydrogen-bond donors (Lipinski definition) is 0. The van der Waals surface area contributed by atoms with Crippen LogP contribution in [0.25, 0.3) is 0 Å². The van der Waals surface area contributed by atoms with E-state index >= 15 is 0 Å². The van der Waals surface area contributed by atoms with Crippen molar-refractivity contribution in [3.8, 4) is 5.75 Å². The fourth-order valence-corrected chi connectivity index (χ4v) is 1.54. The highest BCUT2D eigenvalue weighted by atomic mass is 16.8. The van der Waals surface area contributed by atoms with Crippen LogP contribution in [0.3, 0.4) is 0 Å². The molecule has 0 radical (unpaired) electrons. The van der Waals surface area contributed by atoms with Gasteiger partial charge in [0.1, 0.15) is 11.2 Å². The fraction of sp³-hybridized carbons (Fsp3) is 0.111. The Balaban J connectivity index is 2.17. The molecule has 1 fully saturated rings. The summed E-state index contributed by atoms with van der Waals surface area (Å²) >= 11 is 0. The largest absolute Gasteiger partial charge is 0.460 e. The van der Waals surface area contributed by atoms with Crippen molar-refractivity contribution in [1.29, 1.82) is 0 Å². The van der Waals surface area contributed by atoms with Gasteiger partial charge in [-0.15, -0.1) is 0 Å². The number of para-hydroxylation sites is 2. The lowest BCUT2D eigenvalue weighted by Crippen LogP contribution is -2.27. The van der Waals surface area contributed by atoms with E-state index in [9.17, 15) is 4.91 Å².